The second-order valence-corrected chi connectivity index (χ2v) is 14.5. The molecule has 9 nitrogen and oxygen atoms in total. The van der Waals surface area contributed by atoms with Crippen LogP contribution < -0.4 is 21.8 Å². The summed E-state index contributed by atoms with van der Waals surface area (Å²) in [6.07, 6.45) is 8.22. The number of aromatic amines is 2. The molecule has 8 rings (SSSR count). The van der Waals surface area contributed by atoms with E-state index in [9.17, 15) is 0 Å². The number of anilines is 2. The summed E-state index contributed by atoms with van der Waals surface area (Å²) in [4.78, 5) is 24.9. The van der Waals surface area contributed by atoms with E-state index in [4.69, 9.17) is 41.6 Å². The van der Waals surface area contributed by atoms with Crippen LogP contribution in [0.15, 0.2) is 4.99 Å². The van der Waals surface area contributed by atoms with E-state index in [2.05, 4.69) is 43.3 Å². The van der Waals surface area contributed by atoms with E-state index in [1.54, 1.807) is 22.7 Å². The lowest BCUT2D eigenvalue weighted by Crippen LogP contribution is -2.39. The first-order chi connectivity index (χ1) is 19.7. The Labute approximate surface area is 259 Å². The fourth-order valence-corrected chi connectivity index (χ4v) is 9.86. The van der Waals surface area contributed by atoms with E-state index in [1.807, 2.05) is 11.3 Å². The van der Waals surface area contributed by atoms with Gasteiger partial charge in [-0.25, -0.2) is 9.97 Å². The van der Waals surface area contributed by atoms with E-state index in [0.29, 0.717) is 21.2 Å². The van der Waals surface area contributed by atoms with Crippen molar-refractivity contribution < 1.29 is 4.57 Å². The molecule has 0 unspecified atom stereocenters. The van der Waals surface area contributed by atoms with E-state index in [0.717, 1.165) is 58.8 Å². The van der Waals surface area contributed by atoms with Crippen LogP contribution in [-0.2, 0) is 32.2 Å². The van der Waals surface area contributed by atoms with E-state index < -0.39 is 0 Å². The number of thiazole rings is 1. The molecule has 41 heavy (non-hydrogen) atoms. The molecule has 0 saturated carbocycles. The quantitative estimate of drug-likeness (QED) is 0.109. The summed E-state index contributed by atoms with van der Waals surface area (Å²) in [5.74, 6) is 2.06. The third-order valence-corrected chi connectivity index (χ3v) is 11.6. The van der Waals surface area contributed by atoms with Gasteiger partial charge < -0.3 is 27.2 Å². The molecule has 14 heteroatoms. The molecule has 7 heterocycles. The van der Waals surface area contributed by atoms with Gasteiger partial charge in [-0.15, -0.1) is 22.7 Å². The molecule has 2 aliphatic heterocycles. The SMILES string of the molecule is Cc1sc2c(c1C)C(N)=NCC2.Nc1[nH]c(=S)nc2sc3[n+](c12)CCCC3.Nc1[nH]c(=S)nc2sc3c(c12)CCC3. The molecule has 0 aromatic carbocycles. The number of rotatable bonds is 0. The zero-order valence-corrected chi connectivity index (χ0v) is 27.0. The molecule has 1 aliphatic carbocycles. The van der Waals surface area contributed by atoms with Gasteiger partial charge in [0.05, 0.1) is 5.39 Å². The molecular weight excluding hydrogens is 611 g/mol. The number of nitrogens with zero attached hydrogens (tertiary/aromatic N) is 4. The van der Waals surface area contributed by atoms with Crippen molar-refractivity contribution in [2.45, 2.75) is 65.3 Å². The maximum Gasteiger partial charge on any atom is 0.283 e. The second-order valence-electron chi connectivity index (χ2n) is 10.3. The minimum Gasteiger partial charge on any atom is -0.385 e. The molecule has 0 radical (unpaired) electrons. The Balaban J connectivity index is 0.000000111. The lowest BCUT2D eigenvalue weighted by atomic mass is 10.1. The zero-order chi connectivity index (χ0) is 28.8. The standard InChI is InChI=1S/C9H10N4S2.C9H9N3S2.C9H12N2S/c10-7-6-8(12-9(14)11-7)15-5-3-1-2-4-13(5)6;10-7-6-4-2-1-3-5(4)14-8(6)12-9(13)11-7;1-5-6(2)12-7-3-4-11-9(10)8(5)7/h1-4H2,(H2-,10,11,12,14);1-3H2,(H3,10,11,12,13);3-4H2,1-2H3,(H2,10,11)/p+1. The van der Waals surface area contributed by atoms with Crippen LogP contribution in [0.25, 0.3) is 20.6 Å². The fourth-order valence-electron chi connectivity index (χ4n) is 5.66. The summed E-state index contributed by atoms with van der Waals surface area (Å²) in [5, 5.41) is 2.47. The number of aryl methyl sites for hydroxylation is 5. The molecule has 0 fully saturated rings. The summed E-state index contributed by atoms with van der Waals surface area (Å²) in [7, 11) is 0. The van der Waals surface area contributed by atoms with Crippen LogP contribution in [0.1, 0.15) is 55.6 Å². The minimum atomic E-state index is 0.471. The monoisotopic (exact) mass is 642 g/mol. The minimum absolute atomic E-state index is 0.471. The van der Waals surface area contributed by atoms with Gasteiger partial charge in [0.25, 0.3) is 5.52 Å². The molecule has 5 aromatic rings. The average Bonchev–Trinajstić information content (AvgIpc) is 3.66. The molecule has 0 saturated heterocycles. The highest BCUT2D eigenvalue weighted by atomic mass is 32.1. The zero-order valence-electron chi connectivity index (χ0n) is 22.9. The van der Waals surface area contributed by atoms with Crippen molar-refractivity contribution in [3.05, 3.63) is 45.9 Å². The Hall–Kier alpha value is -2.78. The van der Waals surface area contributed by atoms with Crippen molar-refractivity contribution in [3.63, 3.8) is 0 Å². The number of hydrogen-bond acceptors (Lipinski definition) is 11. The first kappa shape index (κ1) is 28.3. The average molecular weight is 643 g/mol. The Morgan fingerprint density at radius 1 is 0.805 bits per heavy atom. The lowest BCUT2D eigenvalue weighted by molar-refractivity contribution is -0.679. The predicted molar refractivity (Wildman–Crippen MR) is 177 cm³/mol. The number of amidine groups is 1. The van der Waals surface area contributed by atoms with Gasteiger partial charge in [-0.1, -0.05) is 0 Å². The first-order valence-corrected chi connectivity index (χ1v) is 16.9. The molecule has 0 amide bonds. The lowest BCUT2D eigenvalue weighted by Gasteiger charge is -2.09. The predicted octanol–water partition coefficient (Wildman–Crippen LogP) is 5.61. The smallest absolute Gasteiger partial charge is 0.283 e. The fraction of sp³-hybridized carbons (Fsp3) is 0.407. The number of nitrogens with one attached hydrogen (secondary N) is 2. The number of nitrogen functional groups attached to an aromatic ring is 2. The number of H-pyrrole nitrogens is 2. The Kier molecular flexibility index (Phi) is 7.94. The van der Waals surface area contributed by atoms with Gasteiger partial charge >= 0.3 is 0 Å². The van der Waals surface area contributed by atoms with Crippen LogP contribution in [-0.4, -0.2) is 32.3 Å². The van der Waals surface area contributed by atoms with Crippen molar-refractivity contribution in [2.75, 3.05) is 18.0 Å². The normalized spacial score (nSPS) is 15.3. The molecule has 5 aromatic heterocycles. The Morgan fingerprint density at radius 2 is 1.56 bits per heavy atom. The van der Waals surface area contributed by atoms with Gasteiger partial charge in [0.2, 0.25) is 9.84 Å². The topological polar surface area (TPSA) is 152 Å². The van der Waals surface area contributed by atoms with Crippen LogP contribution in [0, 0.1) is 23.4 Å². The van der Waals surface area contributed by atoms with Crippen LogP contribution in [0.4, 0.5) is 11.6 Å². The second kappa shape index (κ2) is 11.5. The summed E-state index contributed by atoms with van der Waals surface area (Å²) in [6, 6.07) is 0. The van der Waals surface area contributed by atoms with E-state index in [-0.39, 0.29) is 0 Å². The summed E-state index contributed by atoms with van der Waals surface area (Å²) >= 11 is 15.3. The van der Waals surface area contributed by atoms with Gasteiger partial charge in [-0.3, -0.25) is 4.99 Å². The number of nitrogens with two attached hydrogens (primary N) is 3. The van der Waals surface area contributed by atoms with Crippen LogP contribution in [0.3, 0.4) is 0 Å². The molecule has 3 aliphatic rings. The highest BCUT2D eigenvalue weighted by molar-refractivity contribution is 7.71. The van der Waals surface area contributed by atoms with Crippen LogP contribution >= 0.6 is 58.4 Å². The molecule has 214 valence electrons. The first-order valence-electron chi connectivity index (χ1n) is 13.6. The number of thiophene rings is 2. The maximum absolute atomic E-state index is 5.95. The van der Waals surface area contributed by atoms with Gasteiger partial charge in [0.15, 0.2) is 15.4 Å². The summed E-state index contributed by atoms with van der Waals surface area (Å²) in [5.41, 5.74) is 22.6. The van der Waals surface area contributed by atoms with Crippen molar-refractivity contribution in [1.82, 2.24) is 19.9 Å². The Morgan fingerprint density at radius 3 is 2.34 bits per heavy atom. The molecule has 8 N–H and O–H groups in total. The van der Waals surface area contributed by atoms with Gasteiger partial charge in [0, 0.05) is 46.0 Å². The van der Waals surface area contributed by atoms with Crippen molar-refractivity contribution >= 4 is 96.5 Å². The van der Waals surface area contributed by atoms with Crippen molar-refractivity contribution in [3.8, 4) is 0 Å². The molecule has 0 atom stereocenters. The third-order valence-electron chi connectivity index (χ3n) is 7.66. The van der Waals surface area contributed by atoms with E-state index in [1.165, 1.54) is 62.0 Å². The molecular formula is C27H32N9S5+. The van der Waals surface area contributed by atoms with Crippen LogP contribution in [0.2, 0.25) is 0 Å². The number of aromatic nitrogens is 5. The van der Waals surface area contributed by atoms with Crippen LogP contribution in [0.5, 0.6) is 0 Å². The van der Waals surface area contributed by atoms with Gasteiger partial charge in [0.1, 0.15) is 23.0 Å². The van der Waals surface area contributed by atoms with Gasteiger partial charge in [-0.2, -0.15) is 4.57 Å². The largest absolute Gasteiger partial charge is 0.385 e. The maximum atomic E-state index is 5.95. The number of hydrogen-bond donors (Lipinski definition) is 5. The molecule has 0 bridgehead atoms. The highest BCUT2D eigenvalue weighted by Crippen LogP contribution is 2.38. The Bertz CT molecular complexity index is 1940. The van der Waals surface area contributed by atoms with Crippen molar-refractivity contribution in [1.29, 1.82) is 0 Å². The number of aliphatic imine (C=N–C) groups is 1. The van der Waals surface area contributed by atoms with E-state index >= 15 is 0 Å². The van der Waals surface area contributed by atoms with Gasteiger partial charge in [-0.05, 0) is 86.4 Å². The highest BCUT2D eigenvalue weighted by Gasteiger charge is 2.26. The summed E-state index contributed by atoms with van der Waals surface area (Å²) < 4.78 is 3.23. The summed E-state index contributed by atoms with van der Waals surface area (Å²) in [6.45, 7) is 6.17. The van der Waals surface area contributed by atoms with Crippen molar-refractivity contribution in [2.24, 2.45) is 10.7 Å². The third kappa shape index (κ3) is 5.43. The number of fused-ring (bicyclic) bond motifs is 7. The molecule has 0 spiro atoms.